The van der Waals surface area contributed by atoms with Crippen molar-refractivity contribution >= 4 is 29.3 Å². The molecule has 0 aromatic heterocycles. The van der Waals surface area contributed by atoms with Crippen LogP contribution >= 0.6 is 24.2 Å². The molecule has 0 fully saturated rings. The molecular formula is C19H33ClN2O2S. The van der Waals surface area contributed by atoms with Crippen molar-refractivity contribution in [2.75, 3.05) is 25.6 Å². The summed E-state index contributed by atoms with van der Waals surface area (Å²) in [5.74, 6) is 1.57. The van der Waals surface area contributed by atoms with Crippen LogP contribution in [0.25, 0.3) is 0 Å². The minimum absolute atomic E-state index is 0. The van der Waals surface area contributed by atoms with Gasteiger partial charge >= 0.3 is 0 Å². The van der Waals surface area contributed by atoms with E-state index in [1.54, 1.807) is 0 Å². The van der Waals surface area contributed by atoms with Crippen molar-refractivity contribution < 1.29 is 9.47 Å². The molecule has 1 rings (SSSR count). The molecule has 0 bridgehead atoms. The zero-order chi connectivity index (χ0) is 18.2. The highest BCUT2D eigenvalue weighted by Crippen LogP contribution is 2.36. The van der Waals surface area contributed by atoms with Crippen LogP contribution in [-0.4, -0.2) is 30.7 Å². The average Bonchev–Trinajstić information content (AvgIpc) is 2.44. The highest BCUT2D eigenvalue weighted by atomic mass is 35.5. The first-order valence-electron chi connectivity index (χ1n) is 8.38. The first-order chi connectivity index (χ1) is 11.1. The van der Waals surface area contributed by atoms with Crippen LogP contribution in [0.5, 0.6) is 5.75 Å². The van der Waals surface area contributed by atoms with E-state index >= 15 is 0 Å². The number of amidine groups is 1. The van der Waals surface area contributed by atoms with Crippen molar-refractivity contribution in [3.05, 3.63) is 29.8 Å². The summed E-state index contributed by atoms with van der Waals surface area (Å²) in [6, 6.07) is 8.38. The number of nitrogens with one attached hydrogen (secondary N) is 1. The van der Waals surface area contributed by atoms with Gasteiger partial charge in [0.1, 0.15) is 12.4 Å². The second-order valence-corrected chi connectivity index (χ2v) is 8.96. The number of rotatable bonds is 9. The smallest absolute Gasteiger partial charge is 0.151 e. The number of hydrogen-bond acceptors (Lipinski definition) is 4. The van der Waals surface area contributed by atoms with E-state index in [1.165, 1.54) is 17.3 Å². The van der Waals surface area contributed by atoms with Crippen molar-refractivity contribution in [1.82, 2.24) is 0 Å². The fourth-order valence-corrected chi connectivity index (χ4v) is 3.38. The van der Waals surface area contributed by atoms with Gasteiger partial charge < -0.3 is 15.2 Å². The molecule has 1 aromatic rings. The number of thioether (sulfide) groups is 1. The van der Waals surface area contributed by atoms with Crippen LogP contribution in [0, 0.1) is 10.8 Å². The summed E-state index contributed by atoms with van der Waals surface area (Å²) in [5.41, 5.74) is 7.04. The van der Waals surface area contributed by atoms with Crippen molar-refractivity contribution in [2.45, 2.75) is 46.5 Å². The summed E-state index contributed by atoms with van der Waals surface area (Å²) >= 11 is 1.29. The van der Waals surface area contributed by atoms with Gasteiger partial charge in [-0.1, -0.05) is 58.5 Å². The fraction of sp³-hybridized carbons (Fsp3) is 0.632. The molecule has 0 unspecified atom stereocenters. The van der Waals surface area contributed by atoms with E-state index in [-0.39, 0.29) is 23.0 Å². The lowest BCUT2D eigenvalue weighted by atomic mass is 9.72. The molecule has 0 aliphatic rings. The molecule has 0 amide bonds. The van der Waals surface area contributed by atoms with Gasteiger partial charge in [-0.05, 0) is 34.9 Å². The SMILES string of the molecule is CC(C)(C)CC(C)(C)c1ccc(OCCOCCSC(=N)N)cc1.Cl. The Hall–Kier alpha value is -0.910. The van der Waals surface area contributed by atoms with E-state index in [4.69, 9.17) is 20.6 Å². The number of ether oxygens (including phenoxy) is 2. The van der Waals surface area contributed by atoms with Crippen LogP contribution in [-0.2, 0) is 10.2 Å². The van der Waals surface area contributed by atoms with Crippen LogP contribution in [0.4, 0.5) is 0 Å². The topological polar surface area (TPSA) is 68.3 Å². The quantitative estimate of drug-likeness (QED) is 0.360. The molecule has 1 aromatic carbocycles. The number of halogens is 1. The lowest BCUT2D eigenvalue weighted by Gasteiger charge is -2.33. The van der Waals surface area contributed by atoms with E-state index in [1.807, 2.05) is 12.1 Å². The van der Waals surface area contributed by atoms with Crippen LogP contribution in [0.15, 0.2) is 24.3 Å². The van der Waals surface area contributed by atoms with Gasteiger partial charge in [0, 0.05) is 5.75 Å². The lowest BCUT2D eigenvalue weighted by molar-refractivity contribution is 0.112. The molecule has 25 heavy (non-hydrogen) atoms. The van der Waals surface area contributed by atoms with E-state index in [2.05, 4.69) is 46.8 Å². The molecule has 4 nitrogen and oxygen atoms in total. The maximum absolute atomic E-state index is 7.09. The molecule has 6 heteroatoms. The largest absolute Gasteiger partial charge is 0.491 e. The monoisotopic (exact) mass is 388 g/mol. The van der Waals surface area contributed by atoms with E-state index in [9.17, 15) is 0 Å². The Labute approximate surface area is 163 Å². The third-order valence-electron chi connectivity index (χ3n) is 3.59. The summed E-state index contributed by atoms with van der Waals surface area (Å²) in [5, 5.41) is 7.22. The molecule has 0 saturated heterocycles. The maximum atomic E-state index is 7.09. The molecular weight excluding hydrogens is 356 g/mol. The fourth-order valence-electron chi connectivity index (χ4n) is 2.96. The van der Waals surface area contributed by atoms with E-state index in [0.717, 1.165) is 12.2 Å². The third-order valence-corrected chi connectivity index (χ3v) is 4.27. The summed E-state index contributed by atoms with van der Waals surface area (Å²) in [4.78, 5) is 0. The Morgan fingerprint density at radius 2 is 1.64 bits per heavy atom. The number of nitrogens with two attached hydrogens (primary N) is 1. The van der Waals surface area contributed by atoms with Crippen molar-refractivity contribution in [3.8, 4) is 5.75 Å². The predicted octanol–water partition coefficient (Wildman–Crippen LogP) is 4.84. The Kier molecular flexibility index (Phi) is 10.5. The normalized spacial score (nSPS) is 11.7. The molecule has 0 spiro atoms. The van der Waals surface area contributed by atoms with Crippen LogP contribution in [0.3, 0.4) is 0 Å². The van der Waals surface area contributed by atoms with Crippen molar-refractivity contribution in [3.63, 3.8) is 0 Å². The van der Waals surface area contributed by atoms with Crippen LogP contribution < -0.4 is 10.5 Å². The number of hydrogen-bond donors (Lipinski definition) is 2. The molecule has 0 saturated carbocycles. The third kappa shape index (κ3) is 10.6. The highest BCUT2D eigenvalue weighted by Gasteiger charge is 2.27. The summed E-state index contributed by atoms with van der Waals surface area (Å²) in [6.07, 6.45) is 1.13. The maximum Gasteiger partial charge on any atom is 0.151 e. The predicted molar refractivity (Wildman–Crippen MR) is 111 cm³/mol. The standard InChI is InChI=1S/C19H32N2O2S.ClH/c1-18(2,3)14-19(4,5)15-6-8-16(9-7-15)23-11-10-22-12-13-24-17(20)21;/h6-9H,10-14H2,1-5H3,(H3,20,21);1H. The molecule has 144 valence electrons. The second kappa shape index (κ2) is 10.9. The van der Waals surface area contributed by atoms with Gasteiger partial charge in [0.25, 0.3) is 0 Å². The zero-order valence-corrected chi connectivity index (χ0v) is 17.7. The van der Waals surface area contributed by atoms with E-state index in [0.29, 0.717) is 31.0 Å². The zero-order valence-electron chi connectivity index (χ0n) is 16.1. The first-order valence-corrected chi connectivity index (χ1v) is 9.37. The summed E-state index contributed by atoms with van der Waals surface area (Å²) in [6.45, 7) is 13.1. The highest BCUT2D eigenvalue weighted by molar-refractivity contribution is 8.13. The molecule has 3 N–H and O–H groups in total. The summed E-state index contributed by atoms with van der Waals surface area (Å²) in [7, 11) is 0. The first kappa shape index (κ1) is 24.1. The van der Waals surface area contributed by atoms with Gasteiger partial charge in [-0.3, -0.25) is 5.41 Å². The van der Waals surface area contributed by atoms with E-state index < -0.39 is 0 Å². The van der Waals surface area contributed by atoms with Gasteiger partial charge in [-0.25, -0.2) is 0 Å². The Balaban J connectivity index is 0.00000576. The molecule has 0 radical (unpaired) electrons. The molecule has 0 atom stereocenters. The summed E-state index contributed by atoms with van der Waals surface area (Å²) < 4.78 is 11.1. The lowest BCUT2D eigenvalue weighted by Crippen LogP contribution is -2.24. The molecule has 0 aliphatic carbocycles. The Morgan fingerprint density at radius 3 is 2.16 bits per heavy atom. The van der Waals surface area contributed by atoms with Gasteiger partial charge in [-0.15, -0.1) is 12.4 Å². The Morgan fingerprint density at radius 1 is 1.04 bits per heavy atom. The average molecular weight is 389 g/mol. The molecule has 0 heterocycles. The van der Waals surface area contributed by atoms with Crippen LogP contribution in [0.1, 0.15) is 46.6 Å². The Bertz CT molecular complexity index is 513. The molecule has 0 aliphatic heterocycles. The van der Waals surface area contributed by atoms with Gasteiger partial charge in [0.2, 0.25) is 0 Å². The van der Waals surface area contributed by atoms with Crippen molar-refractivity contribution in [1.29, 1.82) is 5.41 Å². The van der Waals surface area contributed by atoms with Gasteiger partial charge in [-0.2, -0.15) is 0 Å². The van der Waals surface area contributed by atoms with Crippen molar-refractivity contribution in [2.24, 2.45) is 11.1 Å². The second-order valence-electron chi connectivity index (χ2n) is 7.82. The van der Waals surface area contributed by atoms with Crippen LogP contribution in [0.2, 0.25) is 0 Å². The number of benzene rings is 1. The van der Waals surface area contributed by atoms with Gasteiger partial charge in [0.15, 0.2) is 5.17 Å². The minimum Gasteiger partial charge on any atom is -0.491 e. The van der Waals surface area contributed by atoms with Gasteiger partial charge in [0.05, 0.1) is 13.2 Å². The minimum atomic E-state index is 0.